The summed E-state index contributed by atoms with van der Waals surface area (Å²) in [6.07, 6.45) is 3.06. The lowest BCUT2D eigenvalue weighted by atomic mass is 10.0. The molecule has 17 heavy (non-hydrogen) atoms. The average molecular weight is 272 g/mol. The Labute approximate surface area is 114 Å². The molecule has 0 amide bonds. The van der Waals surface area contributed by atoms with Crippen LogP contribution in [0.4, 0.5) is 0 Å². The Morgan fingerprint density at radius 3 is 2.59 bits per heavy atom. The van der Waals surface area contributed by atoms with Crippen LogP contribution in [0.3, 0.4) is 0 Å². The summed E-state index contributed by atoms with van der Waals surface area (Å²) < 4.78 is 0. The quantitative estimate of drug-likeness (QED) is 0.771. The summed E-state index contributed by atoms with van der Waals surface area (Å²) in [5.41, 5.74) is 7.32. The van der Waals surface area contributed by atoms with Gasteiger partial charge in [-0.15, -0.1) is 11.8 Å². The fourth-order valence-corrected chi connectivity index (χ4v) is 2.94. The largest absolute Gasteiger partial charge is 0.327 e. The molecule has 1 aromatic carbocycles. The zero-order chi connectivity index (χ0) is 12.8. The number of benzene rings is 1. The number of rotatable bonds is 6. The molecule has 96 valence electrons. The molecule has 0 spiro atoms. The van der Waals surface area contributed by atoms with Gasteiger partial charge in [-0.05, 0) is 30.9 Å². The SMILES string of the molecule is CCC(N)Cc1cccc(Cl)c1SC(C)CC. The average Bonchev–Trinajstić information content (AvgIpc) is 2.33. The molecule has 0 radical (unpaired) electrons. The summed E-state index contributed by atoms with van der Waals surface area (Å²) in [6.45, 7) is 6.56. The molecule has 3 heteroatoms. The lowest BCUT2D eigenvalue weighted by molar-refractivity contribution is 0.641. The first-order chi connectivity index (χ1) is 8.08. The van der Waals surface area contributed by atoms with Crippen molar-refractivity contribution in [3.63, 3.8) is 0 Å². The molecule has 2 unspecified atom stereocenters. The lowest BCUT2D eigenvalue weighted by Gasteiger charge is -2.16. The fourth-order valence-electron chi connectivity index (χ4n) is 1.56. The van der Waals surface area contributed by atoms with Gasteiger partial charge in [0.1, 0.15) is 0 Å². The minimum absolute atomic E-state index is 0.227. The third kappa shape index (κ3) is 4.53. The van der Waals surface area contributed by atoms with Gasteiger partial charge in [0.2, 0.25) is 0 Å². The molecule has 2 atom stereocenters. The van der Waals surface area contributed by atoms with Crippen LogP contribution in [0, 0.1) is 0 Å². The topological polar surface area (TPSA) is 26.0 Å². The molecule has 2 N–H and O–H groups in total. The molecule has 1 aromatic rings. The smallest absolute Gasteiger partial charge is 0.0544 e. The van der Waals surface area contributed by atoms with E-state index in [2.05, 4.69) is 26.8 Å². The standard InChI is InChI=1S/C14H22ClNS/c1-4-10(3)17-14-11(9-12(16)5-2)7-6-8-13(14)15/h6-8,10,12H,4-5,9,16H2,1-3H3. The highest BCUT2D eigenvalue weighted by Crippen LogP contribution is 2.35. The molecule has 0 saturated heterocycles. The minimum Gasteiger partial charge on any atom is -0.327 e. The van der Waals surface area contributed by atoms with E-state index in [0.29, 0.717) is 5.25 Å². The van der Waals surface area contributed by atoms with Crippen LogP contribution in [-0.4, -0.2) is 11.3 Å². The Morgan fingerprint density at radius 2 is 2.00 bits per heavy atom. The predicted octanol–water partition coefficient (Wildman–Crippen LogP) is 4.51. The third-order valence-electron chi connectivity index (χ3n) is 2.95. The minimum atomic E-state index is 0.227. The van der Waals surface area contributed by atoms with Gasteiger partial charge in [-0.25, -0.2) is 0 Å². The van der Waals surface area contributed by atoms with Crippen molar-refractivity contribution in [3.05, 3.63) is 28.8 Å². The van der Waals surface area contributed by atoms with Crippen LogP contribution < -0.4 is 5.73 Å². The normalized spacial score (nSPS) is 14.6. The molecule has 0 heterocycles. The van der Waals surface area contributed by atoms with Crippen molar-refractivity contribution in [2.45, 2.75) is 56.2 Å². The lowest BCUT2D eigenvalue weighted by Crippen LogP contribution is -2.21. The number of hydrogen-bond donors (Lipinski definition) is 1. The highest BCUT2D eigenvalue weighted by Gasteiger charge is 2.12. The molecular formula is C14H22ClNS. The van der Waals surface area contributed by atoms with Crippen LogP contribution in [-0.2, 0) is 6.42 Å². The summed E-state index contributed by atoms with van der Waals surface area (Å²) >= 11 is 8.16. The van der Waals surface area contributed by atoms with Crippen LogP contribution >= 0.6 is 23.4 Å². The summed E-state index contributed by atoms with van der Waals surface area (Å²) in [7, 11) is 0. The van der Waals surface area contributed by atoms with E-state index in [0.717, 1.165) is 24.3 Å². The van der Waals surface area contributed by atoms with Crippen LogP contribution in [0.5, 0.6) is 0 Å². The Hall–Kier alpha value is -0.180. The van der Waals surface area contributed by atoms with E-state index in [9.17, 15) is 0 Å². The van der Waals surface area contributed by atoms with Crippen LogP contribution in [0.15, 0.2) is 23.1 Å². The number of hydrogen-bond acceptors (Lipinski definition) is 2. The van der Waals surface area contributed by atoms with E-state index < -0.39 is 0 Å². The van der Waals surface area contributed by atoms with Gasteiger partial charge < -0.3 is 5.73 Å². The van der Waals surface area contributed by atoms with Crippen LogP contribution in [0.2, 0.25) is 5.02 Å². The molecule has 0 aromatic heterocycles. The number of thioether (sulfide) groups is 1. The van der Waals surface area contributed by atoms with Crippen molar-refractivity contribution in [2.24, 2.45) is 5.73 Å². The zero-order valence-electron chi connectivity index (χ0n) is 10.9. The van der Waals surface area contributed by atoms with Gasteiger partial charge in [-0.2, -0.15) is 0 Å². The molecular weight excluding hydrogens is 250 g/mol. The van der Waals surface area contributed by atoms with E-state index in [1.807, 2.05) is 23.9 Å². The van der Waals surface area contributed by atoms with Crippen molar-refractivity contribution < 1.29 is 0 Å². The van der Waals surface area contributed by atoms with Gasteiger partial charge >= 0.3 is 0 Å². The molecule has 0 aliphatic carbocycles. The summed E-state index contributed by atoms with van der Waals surface area (Å²) in [5.74, 6) is 0. The first-order valence-corrected chi connectivity index (χ1v) is 7.53. The Kier molecular flexibility index (Phi) is 6.39. The second kappa shape index (κ2) is 7.30. The fraction of sp³-hybridized carbons (Fsp3) is 0.571. The molecule has 1 rings (SSSR count). The summed E-state index contributed by atoms with van der Waals surface area (Å²) in [5, 5.41) is 1.45. The maximum Gasteiger partial charge on any atom is 0.0544 e. The van der Waals surface area contributed by atoms with E-state index in [1.165, 1.54) is 10.5 Å². The first-order valence-electron chi connectivity index (χ1n) is 6.28. The Bertz CT molecular complexity index is 354. The van der Waals surface area contributed by atoms with E-state index in [1.54, 1.807) is 0 Å². The van der Waals surface area contributed by atoms with Gasteiger partial charge in [0, 0.05) is 16.2 Å². The zero-order valence-corrected chi connectivity index (χ0v) is 12.4. The van der Waals surface area contributed by atoms with Crippen molar-refractivity contribution in [2.75, 3.05) is 0 Å². The van der Waals surface area contributed by atoms with Gasteiger partial charge in [0.25, 0.3) is 0 Å². The Balaban J connectivity index is 2.91. The first kappa shape index (κ1) is 14.9. The van der Waals surface area contributed by atoms with Crippen LogP contribution in [0.25, 0.3) is 0 Å². The van der Waals surface area contributed by atoms with Crippen molar-refractivity contribution in [1.29, 1.82) is 0 Å². The molecule has 0 fully saturated rings. The molecule has 0 aliphatic heterocycles. The predicted molar refractivity (Wildman–Crippen MR) is 79.0 cm³/mol. The van der Waals surface area contributed by atoms with Gasteiger partial charge in [-0.3, -0.25) is 0 Å². The monoisotopic (exact) mass is 271 g/mol. The number of nitrogens with two attached hydrogens (primary N) is 1. The van der Waals surface area contributed by atoms with Gasteiger partial charge in [-0.1, -0.05) is 44.5 Å². The molecule has 0 bridgehead atoms. The van der Waals surface area contributed by atoms with E-state index in [-0.39, 0.29) is 6.04 Å². The van der Waals surface area contributed by atoms with E-state index in [4.69, 9.17) is 17.3 Å². The van der Waals surface area contributed by atoms with Crippen molar-refractivity contribution in [1.82, 2.24) is 0 Å². The maximum absolute atomic E-state index is 6.30. The molecule has 0 aliphatic rings. The van der Waals surface area contributed by atoms with Crippen LogP contribution in [0.1, 0.15) is 39.2 Å². The second-order valence-electron chi connectivity index (χ2n) is 4.44. The summed E-state index contributed by atoms with van der Waals surface area (Å²) in [6, 6.07) is 6.35. The number of halogens is 1. The van der Waals surface area contributed by atoms with Gasteiger partial charge in [0.05, 0.1) is 5.02 Å². The van der Waals surface area contributed by atoms with Crippen molar-refractivity contribution >= 4 is 23.4 Å². The Morgan fingerprint density at radius 1 is 1.29 bits per heavy atom. The molecule has 1 nitrogen and oxygen atoms in total. The highest BCUT2D eigenvalue weighted by molar-refractivity contribution is 8.00. The van der Waals surface area contributed by atoms with E-state index >= 15 is 0 Å². The van der Waals surface area contributed by atoms with Gasteiger partial charge in [0.15, 0.2) is 0 Å². The highest BCUT2D eigenvalue weighted by atomic mass is 35.5. The second-order valence-corrected chi connectivity index (χ2v) is 6.29. The third-order valence-corrected chi connectivity index (χ3v) is 4.83. The maximum atomic E-state index is 6.30. The summed E-state index contributed by atoms with van der Waals surface area (Å²) in [4.78, 5) is 1.22. The molecule has 0 saturated carbocycles. The van der Waals surface area contributed by atoms with Crippen molar-refractivity contribution in [3.8, 4) is 0 Å².